The van der Waals surface area contributed by atoms with Gasteiger partial charge in [-0.15, -0.1) is 11.3 Å². The van der Waals surface area contributed by atoms with Crippen LogP contribution in [0.25, 0.3) is 10.4 Å². The first kappa shape index (κ1) is 12.9. The Hall–Kier alpha value is -2.13. The number of hydrogen-bond donors (Lipinski definition) is 1. The molecule has 1 nitrogen and oxygen atoms in total. The van der Waals surface area contributed by atoms with E-state index in [1.807, 2.05) is 6.07 Å². The summed E-state index contributed by atoms with van der Waals surface area (Å²) in [4.78, 5) is 1.24. The van der Waals surface area contributed by atoms with Gasteiger partial charge in [-0.05, 0) is 59.8 Å². The molecule has 0 spiro atoms. The predicted molar refractivity (Wildman–Crippen MR) is 84.2 cm³/mol. The topological polar surface area (TPSA) is 12.0 Å². The Kier molecular flexibility index (Phi) is 3.52. The average Bonchev–Trinajstić information content (AvgIpc) is 2.98. The lowest BCUT2D eigenvalue weighted by molar-refractivity contribution is 0.628. The number of rotatable bonds is 3. The lowest BCUT2D eigenvalue weighted by Crippen LogP contribution is -1.93. The first-order valence-electron chi connectivity index (χ1n) is 6.39. The van der Waals surface area contributed by atoms with Crippen molar-refractivity contribution in [1.82, 2.24) is 0 Å². The summed E-state index contributed by atoms with van der Waals surface area (Å²) in [5.74, 6) is -0.223. The van der Waals surface area contributed by atoms with Gasteiger partial charge in [-0.2, -0.15) is 0 Å². The summed E-state index contributed by atoms with van der Waals surface area (Å²) < 4.78 is 12.9. The standard InChI is InChI=1S/C17H14FNS/c1-12-4-5-13(17-3-2-10-20-17)11-16(12)19-15-8-6-14(18)7-9-15/h2-11,19H,1H3. The molecule has 0 amide bonds. The number of anilines is 2. The van der Waals surface area contributed by atoms with Crippen molar-refractivity contribution in [2.45, 2.75) is 6.92 Å². The first-order chi connectivity index (χ1) is 9.72. The molecule has 1 N–H and O–H groups in total. The SMILES string of the molecule is Cc1ccc(-c2cccs2)cc1Nc1ccc(F)cc1. The highest BCUT2D eigenvalue weighted by Crippen LogP contribution is 2.30. The van der Waals surface area contributed by atoms with Gasteiger partial charge in [0.05, 0.1) is 0 Å². The summed E-state index contributed by atoms with van der Waals surface area (Å²) in [6.45, 7) is 2.06. The maximum atomic E-state index is 12.9. The molecule has 1 heterocycles. The third kappa shape index (κ3) is 2.73. The first-order valence-corrected chi connectivity index (χ1v) is 7.27. The highest BCUT2D eigenvalue weighted by atomic mass is 32.1. The second-order valence-corrected chi connectivity index (χ2v) is 5.59. The molecule has 0 unspecified atom stereocenters. The number of thiophene rings is 1. The van der Waals surface area contributed by atoms with E-state index in [9.17, 15) is 4.39 Å². The highest BCUT2D eigenvalue weighted by Gasteiger charge is 2.04. The molecule has 0 aliphatic heterocycles. The van der Waals surface area contributed by atoms with Gasteiger partial charge < -0.3 is 5.32 Å². The molecule has 0 bridgehead atoms. The third-order valence-electron chi connectivity index (χ3n) is 3.17. The van der Waals surface area contributed by atoms with Crippen LogP contribution in [0.4, 0.5) is 15.8 Å². The molecule has 100 valence electrons. The lowest BCUT2D eigenvalue weighted by atomic mass is 10.1. The minimum Gasteiger partial charge on any atom is -0.355 e. The number of aryl methyl sites for hydroxylation is 1. The average molecular weight is 283 g/mol. The van der Waals surface area contributed by atoms with Crippen LogP contribution in [0.2, 0.25) is 0 Å². The smallest absolute Gasteiger partial charge is 0.123 e. The van der Waals surface area contributed by atoms with E-state index < -0.39 is 0 Å². The van der Waals surface area contributed by atoms with E-state index in [1.54, 1.807) is 23.5 Å². The van der Waals surface area contributed by atoms with E-state index in [1.165, 1.54) is 22.6 Å². The summed E-state index contributed by atoms with van der Waals surface area (Å²) in [7, 11) is 0. The van der Waals surface area contributed by atoms with Crippen molar-refractivity contribution in [2.24, 2.45) is 0 Å². The zero-order chi connectivity index (χ0) is 13.9. The van der Waals surface area contributed by atoms with Crippen molar-refractivity contribution in [1.29, 1.82) is 0 Å². The maximum Gasteiger partial charge on any atom is 0.123 e. The molecule has 3 rings (SSSR count). The minimum atomic E-state index is -0.223. The van der Waals surface area contributed by atoms with Crippen molar-refractivity contribution >= 4 is 22.7 Å². The van der Waals surface area contributed by atoms with Crippen LogP contribution >= 0.6 is 11.3 Å². The number of nitrogens with one attached hydrogen (secondary N) is 1. The molecule has 0 radical (unpaired) electrons. The quantitative estimate of drug-likeness (QED) is 0.659. The molecule has 3 heteroatoms. The van der Waals surface area contributed by atoms with Gasteiger partial charge in [0.15, 0.2) is 0 Å². The zero-order valence-corrected chi connectivity index (χ0v) is 11.9. The Bertz CT molecular complexity index is 702. The second-order valence-electron chi connectivity index (χ2n) is 4.64. The van der Waals surface area contributed by atoms with Gasteiger partial charge >= 0.3 is 0 Å². The molecule has 1 aromatic heterocycles. The Labute approximate surface area is 121 Å². The summed E-state index contributed by atoms with van der Waals surface area (Å²) >= 11 is 1.72. The Morgan fingerprint density at radius 2 is 1.80 bits per heavy atom. The molecular formula is C17H14FNS. The zero-order valence-electron chi connectivity index (χ0n) is 11.1. The maximum absolute atomic E-state index is 12.9. The molecule has 0 aliphatic rings. The van der Waals surface area contributed by atoms with Crippen LogP contribution in [0.1, 0.15) is 5.56 Å². The van der Waals surface area contributed by atoms with Gasteiger partial charge in [-0.1, -0.05) is 18.2 Å². The van der Waals surface area contributed by atoms with E-state index in [2.05, 4.69) is 41.9 Å². The van der Waals surface area contributed by atoms with Gasteiger partial charge in [0.2, 0.25) is 0 Å². The van der Waals surface area contributed by atoms with Crippen molar-refractivity contribution in [3.63, 3.8) is 0 Å². The van der Waals surface area contributed by atoms with Crippen molar-refractivity contribution in [3.05, 3.63) is 71.4 Å². The van der Waals surface area contributed by atoms with E-state index in [4.69, 9.17) is 0 Å². The molecule has 0 saturated heterocycles. The highest BCUT2D eigenvalue weighted by molar-refractivity contribution is 7.13. The Morgan fingerprint density at radius 1 is 1.00 bits per heavy atom. The molecule has 0 saturated carbocycles. The third-order valence-corrected chi connectivity index (χ3v) is 4.09. The number of hydrogen-bond acceptors (Lipinski definition) is 2. The van der Waals surface area contributed by atoms with Crippen LogP contribution in [0.3, 0.4) is 0 Å². The molecular weight excluding hydrogens is 269 g/mol. The van der Waals surface area contributed by atoms with Crippen LogP contribution < -0.4 is 5.32 Å². The van der Waals surface area contributed by atoms with Crippen molar-refractivity contribution in [2.75, 3.05) is 5.32 Å². The summed E-state index contributed by atoms with van der Waals surface area (Å²) in [6, 6.07) is 16.9. The van der Waals surface area contributed by atoms with Crippen LogP contribution in [0, 0.1) is 12.7 Å². The fourth-order valence-electron chi connectivity index (χ4n) is 2.04. The Balaban J connectivity index is 1.92. The van der Waals surface area contributed by atoms with Gasteiger partial charge in [0.1, 0.15) is 5.82 Å². The number of benzene rings is 2. The second kappa shape index (κ2) is 5.47. The van der Waals surface area contributed by atoms with Crippen LogP contribution in [0.5, 0.6) is 0 Å². The van der Waals surface area contributed by atoms with Crippen LogP contribution in [-0.4, -0.2) is 0 Å². The molecule has 20 heavy (non-hydrogen) atoms. The van der Waals surface area contributed by atoms with E-state index >= 15 is 0 Å². The molecule has 2 aromatic carbocycles. The molecule has 0 fully saturated rings. The van der Waals surface area contributed by atoms with Gasteiger partial charge in [0, 0.05) is 16.3 Å². The van der Waals surface area contributed by atoms with Crippen molar-refractivity contribution in [3.8, 4) is 10.4 Å². The van der Waals surface area contributed by atoms with Crippen LogP contribution in [0.15, 0.2) is 60.0 Å². The largest absolute Gasteiger partial charge is 0.355 e. The van der Waals surface area contributed by atoms with Crippen LogP contribution in [-0.2, 0) is 0 Å². The van der Waals surface area contributed by atoms with E-state index in [0.717, 1.165) is 16.9 Å². The fraction of sp³-hybridized carbons (Fsp3) is 0.0588. The number of halogens is 1. The van der Waals surface area contributed by atoms with Gasteiger partial charge in [-0.3, -0.25) is 0 Å². The molecule has 0 atom stereocenters. The monoisotopic (exact) mass is 283 g/mol. The molecule has 0 aliphatic carbocycles. The molecule has 3 aromatic rings. The summed E-state index contributed by atoms with van der Waals surface area (Å²) in [5, 5.41) is 5.41. The summed E-state index contributed by atoms with van der Waals surface area (Å²) in [6.07, 6.45) is 0. The Morgan fingerprint density at radius 3 is 2.50 bits per heavy atom. The lowest BCUT2D eigenvalue weighted by Gasteiger charge is -2.11. The van der Waals surface area contributed by atoms with Gasteiger partial charge in [-0.25, -0.2) is 4.39 Å². The predicted octanol–water partition coefficient (Wildman–Crippen LogP) is 5.61. The van der Waals surface area contributed by atoms with Crippen molar-refractivity contribution < 1.29 is 4.39 Å². The van der Waals surface area contributed by atoms with Gasteiger partial charge in [0.25, 0.3) is 0 Å². The fourth-order valence-corrected chi connectivity index (χ4v) is 2.77. The normalized spacial score (nSPS) is 10.5. The minimum absolute atomic E-state index is 0.223. The van der Waals surface area contributed by atoms with E-state index in [0.29, 0.717) is 0 Å². The summed E-state index contributed by atoms with van der Waals surface area (Å²) in [5.41, 5.74) is 4.28. The van der Waals surface area contributed by atoms with E-state index in [-0.39, 0.29) is 5.82 Å².